The predicted molar refractivity (Wildman–Crippen MR) is 90.7 cm³/mol. The quantitative estimate of drug-likeness (QED) is 0.753. The van der Waals surface area contributed by atoms with Gasteiger partial charge in [0.2, 0.25) is 5.91 Å². The number of carbonyl (C=O) groups excluding carboxylic acids is 1. The van der Waals surface area contributed by atoms with E-state index in [2.05, 4.69) is 35.4 Å². The Labute approximate surface area is 130 Å². The number of carbonyl (C=O) groups is 1. The molecule has 3 nitrogen and oxygen atoms in total. The first kappa shape index (κ1) is 15.6. The molecule has 0 radical (unpaired) electrons. The fraction of sp³-hybridized carbons (Fsp3) is 0.533. The van der Waals surface area contributed by atoms with Gasteiger partial charge in [0, 0.05) is 26.3 Å². The fourth-order valence-corrected chi connectivity index (χ4v) is 3.92. The lowest BCUT2D eigenvalue weighted by Crippen LogP contribution is -2.29. The van der Waals surface area contributed by atoms with E-state index in [0.29, 0.717) is 5.75 Å². The zero-order valence-corrected chi connectivity index (χ0v) is 14.0. The summed E-state index contributed by atoms with van der Waals surface area (Å²) in [6, 6.07) is 8.54. The molecule has 20 heavy (non-hydrogen) atoms. The van der Waals surface area contributed by atoms with E-state index < -0.39 is 0 Å². The van der Waals surface area contributed by atoms with E-state index in [1.807, 2.05) is 30.8 Å². The molecule has 0 aliphatic carbocycles. The maximum atomic E-state index is 12.0. The molecular formula is C15H22N2OS2. The van der Waals surface area contributed by atoms with Crippen molar-refractivity contribution in [3.8, 4) is 0 Å². The van der Waals surface area contributed by atoms with Crippen molar-refractivity contribution in [2.75, 3.05) is 43.3 Å². The van der Waals surface area contributed by atoms with Crippen molar-refractivity contribution in [3.05, 3.63) is 29.8 Å². The molecule has 0 N–H and O–H groups in total. The Hall–Kier alpha value is -0.810. The van der Waals surface area contributed by atoms with Gasteiger partial charge in [-0.15, -0.1) is 11.8 Å². The first-order valence-electron chi connectivity index (χ1n) is 6.81. The fourth-order valence-electron chi connectivity index (χ4n) is 2.29. The molecule has 0 aromatic heterocycles. The van der Waals surface area contributed by atoms with Crippen LogP contribution in [0.2, 0.25) is 0 Å². The number of anilines is 1. The zero-order chi connectivity index (χ0) is 14.5. The van der Waals surface area contributed by atoms with Crippen LogP contribution in [0.15, 0.2) is 24.3 Å². The lowest BCUT2D eigenvalue weighted by atomic mass is 10.1. The van der Waals surface area contributed by atoms with Gasteiger partial charge >= 0.3 is 0 Å². The molecule has 1 aliphatic rings. The summed E-state index contributed by atoms with van der Waals surface area (Å²) < 4.78 is 0. The van der Waals surface area contributed by atoms with Crippen molar-refractivity contribution in [1.82, 2.24) is 4.90 Å². The summed E-state index contributed by atoms with van der Waals surface area (Å²) in [5.41, 5.74) is 2.42. The Morgan fingerprint density at radius 1 is 1.35 bits per heavy atom. The largest absolute Gasteiger partial charge is 0.378 e. The van der Waals surface area contributed by atoms with E-state index in [1.54, 1.807) is 11.8 Å². The molecule has 1 heterocycles. The molecule has 1 amide bonds. The number of rotatable bonds is 6. The van der Waals surface area contributed by atoms with Gasteiger partial charge in [-0.2, -0.15) is 11.8 Å². The van der Waals surface area contributed by atoms with Gasteiger partial charge in [0.25, 0.3) is 0 Å². The van der Waals surface area contributed by atoms with Crippen molar-refractivity contribution in [2.45, 2.75) is 11.8 Å². The Morgan fingerprint density at radius 2 is 2.05 bits per heavy atom. The van der Waals surface area contributed by atoms with Crippen LogP contribution in [0.4, 0.5) is 5.69 Å². The van der Waals surface area contributed by atoms with Gasteiger partial charge in [-0.3, -0.25) is 4.79 Å². The molecule has 0 saturated carbocycles. The van der Waals surface area contributed by atoms with E-state index in [4.69, 9.17) is 0 Å². The third kappa shape index (κ3) is 3.64. The van der Waals surface area contributed by atoms with Gasteiger partial charge in [0.15, 0.2) is 0 Å². The number of hydrogen-bond acceptors (Lipinski definition) is 4. The smallest absolute Gasteiger partial charge is 0.233 e. The summed E-state index contributed by atoms with van der Waals surface area (Å²) in [6.07, 6.45) is 3.18. The minimum absolute atomic E-state index is 0.195. The third-order valence-electron chi connectivity index (χ3n) is 3.41. The van der Waals surface area contributed by atoms with Gasteiger partial charge in [-0.05, 0) is 36.1 Å². The van der Waals surface area contributed by atoms with Crippen LogP contribution in [0, 0.1) is 0 Å². The van der Waals surface area contributed by atoms with Gasteiger partial charge in [0.1, 0.15) is 5.37 Å². The van der Waals surface area contributed by atoms with Crippen LogP contribution in [0.25, 0.3) is 0 Å². The van der Waals surface area contributed by atoms with Gasteiger partial charge in [-0.1, -0.05) is 12.1 Å². The maximum absolute atomic E-state index is 12.0. The third-order valence-corrected chi connectivity index (χ3v) is 5.36. The van der Waals surface area contributed by atoms with Crippen LogP contribution in [0.3, 0.4) is 0 Å². The van der Waals surface area contributed by atoms with Crippen LogP contribution in [0.1, 0.15) is 17.4 Å². The highest BCUT2D eigenvalue weighted by molar-refractivity contribution is 8.00. The Kier molecular flexibility index (Phi) is 5.66. The van der Waals surface area contributed by atoms with Crippen molar-refractivity contribution in [3.63, 3.8) is 0 Å². The molecule has 1 fully saturated rings. The summed E-state index contributed by atoms with van der Waals surface area (Å²) in [7, 11) is 4.08. The number of benzene rings is 1. The van der Waals surface area contributed by atoms with Crippen LogP contribution in [-0.4, -0.2) is 49.2 Å². The molecule has 1 atom stereocenters. The van der Waals surface area contributed by atoms with E-state index >= 15 is 0 Å². The monoisotopic (exact) mass is 310 g/mol. The summed E-state index contributed by atoms with van der Waals surface area (Å²) >= 11 is 3.58. The number of hydrogen-bond donors (Lipinski definition) is 0. The van der Waals surface area contributed by atoms with Crippen LogP contribution in [0.5, 0.6) is 0 Å². The second-order valence-corrected chi connectivity index (χ2v) is 7.14. The SMILES string of the molecule is CSCCCN1C(=O)CSC1c1ccc(N(C)C)cc1. The highest BCUT2D eigenvalue weighted by Gasteiger charge is 2.32. The second kappa shape index (κ2) is 7.27. The average molecular weight is 310 g/mol. The van der Waals surface area contributed by atoms with Crippen molar-refractivity contribution in [2.24, 2.45) is 0 Å². The molecule has 1 unspecified atom stereocenters. The maximum Gasteiger partial charge on any atom is 0.233 e. The van der Waals surface area contributed by atoms with E-state index in [-0.39, 0.29) is 11.3 Å². The molecule has 0 spiro atoms. The molecule has 2 rings (SSSR count). The van der Waals surface area contributed by atoms with Gasteiger partial charge in [0.05, 0.1) is 5.75 Å². The molecule has 1 saturated heterocycles. The Morgan fingerprint density at radius 3 is 2.65 bits per heavy atom. The minimum Gasteiger partial charge on any atom is -0.378 e. The lowest BCUT2D eigenvalue weighted by Gasteiger charge is -2.24. The standard InChI is InChI=1S/C15H22N2OS2/c1-16(2)13-7-5-12(6-8-13)15-17(9-4-10-19-3)14(18)11-20-15/h5-8,15H,4,9-11H2,1-3H3. The summed E-state index contributed by atoms with van der Waals surface area (Å²) in [5, 5.41) is 0.195. The Bertz CT molecular complexity index is 448. The van der Waals surface area contributed by atoms with E-state index in [9.17, 15) is 4.79 Å². The molecule has 1 aromatic rings. The molecule has 5 heteroatoms. The summed E-state index contributed by atoms with van der Waals surface area (Å²) in [4.78, 5) is 16.1. The van der Waals surface area contributed by atoms with Gasteiger partial charge in [-0.25, -0.2) is 0 Å². The summed E-state index contributed by atoms with van der Waals surface area (Å²) in [6.45, 7) is 0.868. The van der Waals surface area contributed by atoms with Gasteiger partial charge < -0.3 is 9.80 Å². The highest BCUT2D eigenvalue weighted by Crippen LogP contribution is 2.39. The van der Waals surface area contributed by atoms with Crippen LogP contribution >= 0.6 is 23.5 Å². The molecular weight excluding hydrogens is 288 g/mol. The Balaban J connectivity index is 2.07. The summed E-state index contributed by atoms with van der Waals surface area (Å²) in [5.74, 6) is 2.00. The predicted octanol–water partition coefficient (Wildman–Crippen LogP) is 3.08. The normalized spacial score (nSPS) is 18.6. The second-order valence-electron chi connectivity index (χ2n) is 5.08. The lowest BCUT2D eigenvalue weighted by molar-refractivity contribution is -0.128. The first-order chi connectivity index (χ1) is 9.63. The average Bonchev–Trinajstić information content (AvgIpc) is 2.81. The first-order valence-corrected chi connectivity index (χ1v) is 9.25. The topological polar surface area (TPSA) is 23.6 Å². The number of amides is 1. The van der Waals surface area contributed by atoms with E-state index in [1.165, 1.54) is 11.3 Å². The van der Waals surface area contributed by atoms with Crippen LogP contribution < -0.4 is 4.90 Å². The highest BCUT2D eigenvalue weighted by atomic mass is 32.2. The van der Waals surface area contributed by atoms with Crippen molar-refractivity contribution < 1.29 is 4.79 Å². The number of thioether (sulfide) groups is 2. The molecule has 1 aromatic carbocycles. The van der Waals surface area contributed by atoms with Crippen LogP contribution in [-0.2, 0) is 4.79 Å². The minimum atomic E-state index is 0.195. The molecule has 1 aliphatic heterocycles. The zero-order valence-electron chi connectivity index (χ0n) is 12.3. The van der Waals surface area contributed by atoms with Crippen molar-refractivity contribution in [1.29, 1.82) is 0 Å². The molecule has 0 bridgehead atoms. The van der Waals surface area contributed by atoms with Crippen molar-refractivity contribution >= 4 is 35.1 Å². The van der Waals surface area contributed by atoms with E-state index in [0.717, 1.165) is 18.7 Å². The molecule has 110 valence electrons. The number of nitrogens with zero attached hydrogens (tertiary/aromatic N) is 2.